The van der Waals surface area contributed by atoms with Gasteiger partial charge in [0, 0.05) is 6.54 Å². The Hall–Kier alpha value is -2.88. The molecule has 5 nitrogen and oxygen atoms in total. The van der Waals surface area contributed by atoms with Gasteiger partial charge in [0.05, 0.1) is 27.7 Å². The van der Waals surface area contributed by atoms with Crippen molar-refractivity contribution in [1.82, 2.24) is 4.31 Å². The van der Waals surface area contributed by atoms with Crippen LogP contribution in [0.1, 0.15) is 22.3 Å². The molecule has 0 saturated carbocycles. The van der Waals surface area contributed by atoms with E-state index in [9.17, 15) is 26.4 Å². The number of nitrogens with one attached hydrogen (secondary N) is 1. The van der Waals surface area contributed by atoms with Gasteiger partial charge in [-0.15, -0.1) is 0 Å². The number of alkyl halides is 3. The van der Waals surface area contributed by atoms with E-state index in [1.807, 2.05) is 26.0 Å². The molecule has 0 fully saturated rings. The second kappa shape index (κ2) is 10.2. The number of anilines is 1. The van der Waals surface area contributed by atoms with Crippen LogP contribution in [0.4, 0.5) is 18.9 Å². The molecule has 0 aliphatic rings. The van der Waals surface area contributed by atoms with Gasteiger partial charge in [0.1, 0.15) is 0 Å². The molecule has 0 bridgehead atoms. The SMILES string of the molecule is Cc1ccc(CN(CC(=O)Nc2cc(C(F)(F)F)ccc2Cl)S(=O)(=O)c2ccc(C)cc2)cc1. The Morgan fingerprint density at radius 2 is 1.50 bits per heavy atom. The summed E-state index contributed by atoms with van der Waals surface area (Å²) in [4.78, 5) is 12.8. The molecule has 0 aliphatic heterocycles. The third kappa shape index (κ3) is 6.37. The zero-order valence-electron chi connectivity index (χ0n) is 18.4. The number of benzene rings is 3. The Labute approximate surface area is 201 Å². The highest BCUT2D eigenvalue weighted by atomic mass is 35.5. The summed E-state index contributed by atoms with van der Waals surface area (Å²) in [5, 5.41) is 2.20. The highest BCUT2D eigenvalue weighted by Crippen LogP contribution is 2.34. The summed E-state index contributed by atoms with van der Waals surface area (Å²) >= 11 is 5.96. The first-order chi connectivity index (χ1) is 15.9. The monoisotopic (exact) mass is 510 g/mol. The minimum atomic E-state index is -4.63. The molecule has 3 aromatic rings. The normalized spacial score (nSPS) is 12.1. The van der Waals surface area contributed by atoms with Crippen molar-refractivity contribution in [2.24, 2.45) is 0 Å². The standard InChI is InChI=1S/C24H22ClF3N2O3S/c1-16-3-7-18(8-4-16)14-30(34(32,33)20-10-5-17(2)6-11-20)15-23(31)29-22-13-19(24(26,27)28)9-12-21(22)25/h3-13H,14-15H2,1-2H3,(H,29,31). The predicted octanol–water partition coefficient (Wildman–Crippen LogP) is 5.81. The molecule has 0 heterocycles. The number of hydrogen-bond acceptors (Lipinski definition) is 3. The third-order valence-electron chi connectivity index (χ3n) is 5.03. The Morgan fingerprint density at radius 1 is 0.941 bits per heavy atom. The predicted molar refractivity (Wildman–Crippen MR) is 125 cm³/mol. The van der Waals surface area contributed by atoms with Crippen LogP contribution in [0.15, 0.2) is 71.6 Å². The van der Waals surface area contributed by atoms with E-state index in [4.69, 9.17) is 11.6 Å². The highest BCUT2D eigenvalue weighted by molar-refractivity contribution is 7.89. The lowest BCUT2D eigenvalue weighted by Crippen LogP contribution is -2.37. The van der Waals surface area contributed by atoms with Gasteiger partial charge in [-0.25, -0.2) is 8.42 Å². The fourth-order valence-electron chi connectivity index (χ4n) is 3.13. The lowest BCUT2D eigenvalue weighted by molar-refractivity contribution is -0.137. The summed E-state index contributed by atoms with van der Waals surface area (Å²) < 4.78 is 66.8. The molecule has 0 unspecified atom stereocenters. The maximum atomic E-state index is 13.3. The molecule has 3 rings (SSSR count). The average molecular weight is 511 g/mol. The van der Waals surface area contributed by atoms with E-state index in [0.717, 1.165) is 27.6 Å². The molecule has 0 atom stereocenters. The van der Waals surface area contributed by atoms with Crippen LogP contribution in [0.25, 0.3) is 0 Å². The molecule has 0 spiro atoms. The highest BCUT2D eigenvalue weighted by Gasteiger charge is 2.32. The number of rotatable bonds is 7. The van der Waals surface area contributed by atoms with Crippen LogP contribution in [0.5, 0.6) is 0 Å². The second-order valence-electron chi connectivity index (χ2n) is 7.81. The van der Waals surface area contributed by atoms with Gasteiger partial charge >= 0.3 is 6.18 Å². The molecule has 1 N–H and O–H groups in total. The minimum absolute atomic E-state index is 0.00453. The van der Waals surface area contributed by atoms with Crippen molar-refractivity contribution in [2.45, 2.75) is 31.5 Å². The van der Waals surface area contributed by atoms with Crippen LogP contribution in [0.2, 0.25) is 5.02 Å². The zero-order chi connectivity index (χ0) is 25.1. The van der Waals surface area contributed by atoms with Crippen molar-refractivity contribution in [3.05, 3.63) is 94.0 Å². The second-order valence-corrected chi connectivity index (χ2v) is 10.2. The summed E-state index contributed by atoms with van der Waals surface area (Å²) in [5.41, 5.74) is 1.24. The molecule has 0 aliphatic carbocycles. The topological polar surface area (TPSA) is 66.5 Å². The fourth-order valence-corrected chi connectivity index (χ4v) is 4.68. The molecule has 0 radical (unpaired) electrons. The van der Waals surface area contributed by atoms with Crippen LogP contribution in [0.3, 0.4) is 0 Å². The summed E-state index contributed by atoms with van der Waals surface area (Å²) in [6.07, 6.45) is -4.63. The molecular formula is C24H22ClF3N2O3S. The molecule has 180 valence electrons. The first kappa shape index (κ1) is 25.7. The van der Waals surface area contributed by atoms with Crippen LogP contribution < -0.4 is 5.32 Å². The number of nitrogens with zero attached hydrogens (tertiary/aromatic N) is 1. The van der Waals surface area contributed by atoms with E-state index in [1.54, 1.807) is 24.3 Å². The van der Waals surface area contributed by atoms with Crippen molar-refractivity contribution in [1.29, 1.82) is 0 Å². The van der Waals surface area contributed by atoms with Crippen molar-refractivity contribution >= 4 is 33.2 Å². The number of amides is 1. The molecule has 34 heavy (non-hydrogen) atoms. The molecule has 0 aromatic heterocycles. The van der Waals surface area contributed by atoms with Crippen molar-refractivity contribution in [3.8, 4) is 0 Å². The van der Waals surface area contributed by atoms with Gasteiger partial charge in [0.2, 0.25) is 15.9 Å². The third-order valence-corrected chi connectivity index (χ3v) is 7.16. The maximum absolute atomic E-state index is 13.3. The molecule has 10 heteroatoms. The number of aryl methyl sites for hydroxylation is 2. The Kier molecular flexibility index (Phi) is 7.70. The van der Waals surface area contributed by atoms with Gasteiger partial charge in [0.15, 0.2) is 0 Å². The molecule has 1 amide bonds. The van der Waals surface area contributed by atoms with E-state index in [-0.39, 0.29) is 22.2 Å². The van der Waals surface area contributed by atoms with Crippen molar-refractivity contribution in [2.75, 3.05) is 11.9 Å². The number of halogens is 4. The van der Waals surface area contributed by atoms with Gasteiger partial charge in [0.25, 0.3) is 0 Å². The quantitative estimate of drug-likeness (QED) is 0.436. The fraction of sp³-hybridized carbons (Fsp3) is 0.208. The number of carbonyl (C=O) groups excluding carboxylic acids is 1. The first-order valence-electron chi connectivity index (χ1n) is 10.2. The Morgan fingerprint density at radius 3 is 2.06 bits per heavy atom. The lowest BCUT2D eigenvalue weighted by atomic mass is 10.1. The van der Waals surface area contributed by atoms with E-state index in [0.29, 0.717) is 11.6 Å². The van der Waals surface area contributed by atoms with E-state index < -0.39 is 34.2 Å². The average Bonchev–Trinajstić information content (AvgIpc) is 2.76. The van der Waals surface area contributed by atoms with E-state index in [1.165, 1.54) is 12.1 Å². The molecule has 0 saturated heterocycles. The van der Waals surface area contributed by atoms with Gasteiger partial charge in [-0.3, -0.25) is 4.79 Å². The zero-order valence-corrected chi connectivity index (χ0v) is 19.9. The van der Waals surface area contributed by atoms with Gasteiger partial charge in [-0.1, -0.05) is 59.1 Å². The van der Waals surface area contributed by atoms with Crippen molar-refractivity contribution in [3.63, 3.8) is 0 Å². The number of carbonyl (C=O) groups is 1. The first-order valence-corrected chi connectivity index (χ1v) is 12.0. The summed E-state index contributed by atoms with van der Waals surface area (Å²) in [6.45, 7) is 2.96. The van der Waals surface area contributed by atoms with Crippen LogP contribution in [0, 0.1) is 13.8 Å². The molecule has 3 aromatic carbocycles. The van der Waals surface area contributed by atoms with Crippen LogP contribution >= 0.6 is 11.6 Å². The number of hydrogen-bond donors (Lipinski definition) is 1. The van der Waals surface area contributed by atoms with Gasteiger partial charge in [-0.2, -0.15) is 17.5 Å². The van der Waals surface area contributed by atoms with E-state index >= 15 is 0 Å². The summed E-state index contributed by atoms with van der Waals surface area (Å²) in [6, 6.07) is 15.8. The largest absolute Gasteiger partial charge is 0.416 e. The summed E-state index contributed by atoms with van der Waals surface area (Å²) in [5.74, 6) is -0.830. The maximum Gasteiger partial charge on any atom is 0.416 e. The smallest absolute Gasteiger partial charge is 0.324 e. The Bertz CT molecular complexity index is 1280. The van der Waals surface area contributed by atoms with E-state index in [2.05, 4.69) is 5.32 Å². The van der Waals surface area contributed by atoms with Crippen molar-refractivity contribution < 1.29 is 26.4 Å². The minimum Gasteiger partial charge on any atom is -0.324 e. The molecular weight excluding hydrogens is 489 g/mol. The van der Waals surface area contributed by atoms with Crippen LogP contribution in [-0.2, 0) is 27.5 Å². The lowest BCUT2D eigenvalue weighted by Gasteiger charge is -2.22. The van der Waals surface area contributed by atoms with Crippen LogP contribution in [-0.4, -0.2) is 25.2 Å². The Balaban J connectivity index is 1.90. The van der Waals surface area contributed by atoms with Gasteiger partial charge in [-0.05, 0) is 49.7 Å². The summed E-state index contributed by atoms with van der Waals surface area (Å²) in [7, 11) is -4.10. The number of sulfonamides is 1. The van der Waals surface area contributed by atoms with Gasteiger partial charge < -0.3 is 5.32 Å².